The van der Waals surface area contributed by atoms with E-state index in [1.807, 2.05) is 0 Å². The second-order valence-corrected chi connectivity index (χ2v) is 6.30. The van der Waals surface area contributed by atoms with E-state index < -0.39 is 73.3 Å². The van der Waals surface area contributed by atoms with Crippen LogP contribution in [0, 0.1) is 0 Å². The number of aliphatic imine (C=N–C) groups is 2. The molecule has 0 heterocycles. The van der Waals surface area contributed by atoms with E-state index in [4.69, 9.17) is 0 Å². The molecule has 0 aromatic carbocycles. The van der Waals surface area contributed by atoms with Gasteiger partial charge >= 0.3 is 47.4 Å². The fourth-order valence-corrected chi connectivity index (χ4v) is 2.05. The lowest BCUT2D eigenvalue weighted by Gasteiger charge is -2.43. The summed E-state index contributed by atoms with van der Waals surface area (Å²) in [5.41, 5.74) is 0. The van der Waals surface area contributed by atoms with Crippen LogP contribution in [-0.4, -0.2) is 72.6 Å². The Morgan fingerprint density at radius 3 is 0.824 bits per heavy atom. The van der Waals surface area contributed by atoms with Crippen LogP contribution in [0.25, 0.3) is 0 Å². The number of halogens is 16. The zero-order valence-electron chi connectivity index (χ0n) is 15.6. The third kappa shape index (κ3) is 4.61. The van der Waals surface area contributed by atoms with Crippen molar-refractivity contribution in [3.05, 3.63) is 0 Å². The van der Waals surface area contributed by atoms with Crippen molar-refractivity contribution in [2.45, 2.75) is 60.2 Å². The molecule has 0 amide bonds. The Kier molecular flexibility index (Phi) is 8.71. The summed E-state index contributed by atoms with van der Waals surface area (Å²) >= 11 is 0. The van der Waals surface area contributed by atoms with Gasteiger partial charge in [-0.25, -0.2) is 19.6 Å². The molecule has 20 heteroatoms. The highest BCUT2D eigenvalue weighted by Gasteiger charge is 2.94. The Balaban J connectivity index is 6.61. The first-order chi connectivity index (χ1) is 14.9. The summed E-state index contributed by atoms with van der Waals surface area (Å²) in [6.07, 6.45) is -4.68. The van der Waals surface area contributed by atoms with Crippen molar-refractivity contribution in [2.24, 2.45) is 9.98 Å². The van der Waals surface area contributed by atoms with Crippen molar-refractivity contribution in [2.75, 3.05) is 13.1 Å². The molecule has 0 radical (unpaired) electrons. The predicted molar refractivity (Wildman–Crippen MR) is 74.8 cm³/mol. The first-order valence-electron chi connectivity index (χ1n) is 7.97. The fourth-order valence-electron chi connectivity index (χ4n) is 2.05. The van der Waals surface area contributed by atoms with Gasteiger partial charge in [0.25, 0.3) is 0 Å². The molecule has 0 bridgehead atoms. The maximum Gasteiger partial charge on any atom is 0.384 e. The van der Waals surface area contributed by atoms with Gasteiger partial charge in [0.1, 0.15) is 0 Å². The zero-order chi connectivity index (χ0) is 27.7. The van der Waals surface area contributed by atoms with Gasteiger partial charge in [-0.3, -0.25) is 0 Å². The molecule has 0 aliphatic rings. The summed E-state index contributed by atoms with van der Waals surface area (Å²) in [6, 6.07) is 0. The van der Waals surface area contributed by atoms with Crippen molar-refractivity contribution < 1.29 is 79.8 Å². The van der Waals surface area contributed by atoms with Gasteiger partial charge in [-0.2, -0.15) is 70.2 Å². The lowest BCUT2D eigenvalue weighted by Crippen LogP contribution is -2.74. The van der Waals surface area contributed by atoms with Gasteiger partial charge in [0.2, 0.25) is 12.2 Å². The summed E-state index contributed by atoms with van der Waals surface area (Å²) in [4.78, 5) is 23.6. The molecule has 34 heavy (non-hydrogen) atoms. The van der Waals surface area contributed by atoms with Gasteiger partial charge in [0, 0.05) is 12.8 Å². The number of carbonyl (C=O) groups excluding carboxylic acids is 2. The van der Waals surface area contributed by atoms with Crippen LogP contribution in [-0.2, 0) is 9.59 Å². The molecule has 0 fully saturated rings. The van der Waals surface area contributed by atoms with E-state index in [0.717, 1.165) is 0 Å². The van der Waals surface area contributed by atoms with E-state index >= 15 is 0 Å². The SMILES string of the molecule is O=C=NCCC(F)(F)C(F)(F)C(F)(F)C(F)(F)C(F)(F)C(F)(F)C(F)(F)C(F)(F)CCN=C=O. The number of nitrogens with zero attached hydrogens (tertiary/aromatic N) is 2. The van der Waals surface area contributed by atoms with Gasteiger partial charge in [-0.1, -0.05) is 0 Å². The Labute approximate surface area is 176 Å². The Morgan fingerprint density at radius 2 is 0.618 bits per heavy atom. The normalized spacial score (nSPS) is 14.9. The molecular weight excluding hydrogens is 532 g/mol. The van der Waals surface area contributed by atoms with Crippen molar-refractivity contribution in [3.8, 4) is 0 Å². The quantitative estimate of drug-likeness (QED) is 0.176. The molecule has 4 nitrogen and oxygen atoms in total. The van der Waals surface area contributed by atoms with Crippen molar-refractivity contribution in [1.82, 2.24) is 0 Å². The van der Waals surface area contributed by atoms with Crippen LogP contribution in [0.3, 0.4) is 0 Å². The number of hydrogen-bond acceptors (Lipinski definition) is 4. The molecule has 0 saturated heterocycles. The third-order valence-electron chi connectivity index (χ3n) is 4.09. The Morgan fingerprint density at radius 1 is 0.412 bits per heavy atom. The molecule has 0 aliphatic carbocycles. The van der Waals surface area contributed by atoms with Crippen LogP contribution in [0.5, 0.6) is 0 Å². The van der Waals surface area contributed by atoms with E-state index in [0.29, 0.717) is 12.2 Å². The van der Waals surface area contributed by atoms with Crippen molar-refractivity contribution in [3.63, 3.8) is 0 Å². The van der Waals surface area contributed by atoms with E-state index in [1.165, 1.54) is 0 Å². The largest absolute Gasteiger partial charge is 0.384 e. The lowest BCUT2D eigenvalue weighted by molar-refractivity contribution is -0.453. The molecule has 0 spiro atoms. The number of alkyl halides is 16. The molecule has 0 atom stereocenters. The van der Waals surface area contributed by atoms with E-state index in [-0.39, 0.29) is 0 Å². The molecule has 0 aliphatic heterocycles. The average molecular weight is 540 g/mol. The van der Waals surface area contributed by atoms with Gasteiger partial charge in [0.05, 0.1) is 13.1 Å². The summed E-state index contributed by atoms with van der Waals surface area (Å²) in [6.45, 7) is -3.71. The highest BCUT2D eigenvalue weighted by Crippen LogP contribution is 2.64. The zero-order valence-corrected chi connectivity index (χ0v) is 15.6. The van der Waals surface area contributed by atoms with Crippen LogP contribution in [0.1, 0.15) is 12.8 Å². The predicted octanol–water partition coefficient (Wildman–Crippen LogP) is 5.52. The maximum absolute atomic E-state index is 13.6. The molecule has 0 rings (SSSR count). The van der Waals surface area contributed by atoms with Crippen LogP contribution >= 0.6 is 0 Å². The van der Waals surface area contributed by atoms with Crippen molar-refractivity contribution >= 4 is 12.2 Å². The van der Waals surface area contributed by atoms with Crippen LogP contribution in [0.2, 0.25) is 0 Å². The highest BCUT2D eigenvalue weighted by molar-refractivity contribution is 5.33. The van der Waals surface area contributed by atoms with Gasteiger partial charge in [-0.15, -0.1) is 0 Å². The first-order valence-corrected chi connectivity index (χ1v) is 7.97. The molecule has 0 saturated carbocycles. The topological polar surface area (TPSA) is 58.9 Å². The number of rotatable bonds is 13. The van der Waals surface area contributed by atoms with Crippen LogP contribution < -0.4 is 0 Å². The van der Waals surface area contributed by atoms with E-state index in [2.05, 4.69) is 9.98 Å². The van der Waals surface area contributed by atoms with E-state index in [9.17, 15) is 79.8 Å². The molecule has 0 N–H and O–H groups in total. The Bertz CT molecular complexity index is 760. The second-order valence-electron chi connectivity index (χ2n) is 6.30. The summed E-state index contributed by atoms with van der Waals surface area (Å²) in [7, 11) is 0. The fraction of sp³-hybridized carbons (Fsp3) is 0.857. The summed E-state index contributed by atoms with van der Waals surface area (Å²) in [5, 5.41) is 0. The monoisotopic (exact) mass is 540 g/mol. The molecule has 0 aromatic heterocycles. The highest BCUT2D eigenvalue weighted by atomic mass is 19.4. The number of hydrogen-bond donors (Lipinski definition) is 0. The van der Waals surface area contributed by atoms with Gasteiger partial charge < -0.3 is 0 Å². The smallest absolute Gasteiger partial charge is 0.211 e. The lowest BCUT2D eigenvalue weighted by atomic mass is 9.86. The minimum absolute atomic E-state index is 0.413. The first kappa shape index (κ1) is 31.6. The second kappa shape index (κ2) is 9.36. The van der Waals surface area contributed by atoms with Crippen LogP contribution in [0.4, 0.5) is 70.2 Å². The summed E-state index contributed by atoms with van der Waals surface area (Å²) in [5.74, 6) is -62.1. The maximum atomic E-state index is 13.6. The minimum atomic E-state index is -8.52. The average Bonchev–Trinajstić information content (AvgIpc) is 2.67. The van der Waals surface area contributed by atoms with Crippen molar-refractivity contribution in [1.29, 1.82) is 0 Å². The molecule has 198 valence electrons. The van der Waals surface area contributed by atoms with Crippen LogP contribution in [0.15, 0.2) is 9.98 Å². The van der Waals surface area contributed by atoms with Gasteiger partial charge in [0.15, 0.2) is 0 Å². The number of isocyanates is 2. The standard InChI is InChI=1S/C14H8F16N2O2/c15-7(16,1-3-31-5-33)9(19,20)11(23,24)13(27,28)14(29,30)12(25,26)10(21,22)8(17,18)2-4-32-6-34/h1-4H2. The third-order valence-corrected chi connectivity index (χ3v) is 4.09. The van der Waals surface area contributed by atoms with E-state index in [1.54, 1.807) is 0 Å². The summed E-state index contributed by atoms with van der Waals surface area (Å²) < 4.78 is 216. The minimum Gasteiger partial charge on any atom is -0.211 e. The molecule has 0 unspecified atom stereocenters. The molecule has 0 aromatic rings. The molecular formula is C14H8F16N2O2. The Hall–Kier alpha value is -2.36. The van der Waals surface area contributed by atoms with Gasteiger partial charge in [-0.05, 0) is 0 Å².